The van der Waals surface area contributed by atoms with Crippen molar-refractivity contribution in [2.24, 2.45) is 11.0 Å². The van der Waals surface area contributed by atoms with Crippen LogP contribution in [0.3, 0.4) is 0 Å². The van der Waals surface area contributed by atoms with E-state index in [0.717, 1.165) is 10.0 Å². The van der Waals surface area contributed by atoms with Crippen LogP contribution in [0.2, 0.25) is 5.02 Å². The van der Waals surface area contributed by atoms with Crippen LogP contribution in [0, 0.1) is 5.92 Å². The maximum Gasteiger partial charge on any atom is 0.262 e. The Morgan fingerprint density at radius 3 is 2.46 bits per heavy atom. The average Bonchev–Trinajstić information content (AvgIpc) is 2.60. The highest BCUT2D eigenvalue weighted by molar-refractivity contribution is 9.10. The van der Waals surface area contributed by atoms with Gasteiger partial charge in [-0.1, -0.05) is 59.6 Å². The number of amides is 2. The molecule has 0 saturated carbocycles. The van der Waals surface area contributed by atoms with Crippen molar-refractivity contribution < 1.29 is 9.59 Å². The lowest BCUT2D eigenvalue weighted by Gasteiger charge is -2.20. The van der Waals surface area contributed by atoms with Gasteiger partial charge in [0, 0.05) is 15.1 Å². The van der Waals surface area contributed by atoms with Gasteiger partial charge in [-0.3, -0.25) is 9.59 Å². The molecular formula is C19H19BrClN3O2. The molecule has 2 N–H and O–H groups in total. The highest BCUT2D eigenvalue weighted by atomic mass is 79.9. The zero-order valence-corrected chi connectivity index (χ0v) is 16.7. The van der Waals surface area contributed by atoms with Crippen molar-refractivity contribution >= 4 is 45.6 Å². The van der Waals surface area contributed by atoms with Gasteiger partial charge >= 0.3 is 0 Å². The Bertz CT molecular complexity index is 807. The maximum absolute atomic E-state index is 12.4. The molecule has 2 amide bonds. The summed E-state index contributed by atoms with van der Waals surface area (Å²) in [6.07, 6.45) is 1.54. The fourth-order valence-electron chi connectivity index (χ4n) is 2.18. The third kappa shape index (κ3) is 5.97. The highest BCUT2D eigenvalue weighted by Gasteiger charge is 2.24. The average molecular weight is 437 g/mol. The normalized spacial score (nSPS) is 12.2. The highest BCUT2D eigenvalue weighted by Crippen LogP contribution is 2.12. The van der Waals surface area contributed by atoms with E-state index in [-0.39, 0.29) is 17.7 Å². The zero-order chi connectivity index (χ0) is 19.1. The monoisotopic (exact) mass is 435 g/mol. The van der Waals surface area contributed by atoms with Gasteiger partial charge in [0.1, 0.15) is 6.04 Å². The number of nitrogens with zero attached hydrogens (tertiary/aromatic N) is 1. The lowest BCUT2D eigenvalue weighted by Crippen LogP contribution is -2.48. The molecule has 1 unspecified atom stereocenters. The van der Waals surface area contributed by atoms with Gasteiger partial charge in [0.05, 0.1) is 6.21 Å². The molecule has 0 spiro atoms. The molecule has 0 saturated heterocycles. The van der Waals surface area contributed by atoms with Gasteiger partial charge in [-0.2, -0.15) is 5.10 Å². The minimum Gasteiger partial charge on any atom is -0.340 e. The van der Waals surface area contributed by atoms with Crippen molar-refractivity contribution in [1.29, 1.82) is 0 Å². The fraction of sp³-hybridized carbons (Fsp3) is 0.211. The number of nitrogens with one attached hydrogen (secondary N) is 2. The predicted molar refractivity (Wildman–Crippen MR) is 107 cm³/mol. The van der Waals surface area contributed by atoms with Gasteiger partial charge in [-0.15, -0.1) is 0 Å². The first-order chi connectivity index (χ1) is 12.4. The van der Waals surface area contributed by atoms with E-state index in [1.165, 1.54) is 0 Å². The lowest BCUT2D eigenvalue weighted by atomic mass is 10.0. The van der Waals surface area contributed by atoms with Crippen LogP contribution in [-0.2, 0) is 4.79 Å². The Kier molecular flexibility index (Phi) is 7.36. The van der Waals surface area contributed by atoms with Crippen LogP contribution in [0.4, 0.5) is 0 Å². The van der Waals surface area contributed by atoms with E-state index < -0.39 is 6.04 Å². The van der Waals surface area contributed by atoms with Crippen LogP contribution < -0.4 is 10.7 Å². The zero-order valence-electron chi connectivity index (χ0n) is 14.4. The molecule has 2 rings (SSSR count). The molecule has 0 radical (unpaired) electrons. The molecule has 0 heterocycles. The van der Waals surface area contributed by atoms with E-state index in [1.54, 1.807) is 30.5 Å². The Morgan fingerprint density at radius 1 is 1.15 bits per heavy atom. The number of carbonyl (C=O) groups excluding carboxylic acids is 2. The Hall–Kier alpha value is -2.18. The predicted octanol–water partition coefficient (Wildman–Crippen LogP) is 4.01. The molecule has 0 aliphatic heterocycles. The van der Waals surface area contributed by atoms with Crippen molar-refractivity contribution in [3.8, 4) is 0 Å². The number of hydrogen-bond donors (Lipinski definition) is 2. The lowest BCUT2D eigenvalue weighted by molar-refractivity contribution is -0.123. The van der Waals surface area contributed by atoms with E-state index in [1.807, 2.05) is 38.1 Å². The molecule has 0 bridgehead atoms. The summed E-state index contributed by atoms with van der Waals surface area (Å²) in [5, 5.41) is 7.14. The van der Waals surface area contributed by atoms with E-state index in [9.17, 15) is 9.59 Å². The van der Waals surface area contributed by atoms with E-state index in [4.69, 9.17) is 11.6 Å². The number of hydrogen-bond acceptors (Lipinski definition) is 3. The minimum absolute atomic E-state index is 0.110. The summed E-state index contributed by atoms with van der Waals surface area (Å²) < 4.78 is 0.960. The van der Waals surface area contributed by atoms with Crippen molar-refractivity contribution in [2.45, 2.75) is 19.9 Å². The van der Waals surface area contributed by atoms with Crippen LogP contribution in [-0.4, -0.2) is 24.1 Å². The molecule has 2 aromatic rings. The van der Waals surface area contributed by atoms with Crippen LogP contribution in [0.5, 0.6) is 0 Å². The second kappa shape index (κ2) is 9.50. The number of benzene rings is 2. The summed E-state index contributed by atoms with van der Waals surface area (Å²) in [7, 11) is 0. The summed E-state index contributed by atoms with van der Waals surface area (Å²) in [5.74, 6) is -0.858. The smallest absolute Gasteiger partial charge is 0.262 e. The number of halogens is 2. The van der Waals surface area contributed by atoms with E-state index >= 15 is 0 Å². The molecule has 5 nitrogen and oxygen atoms in total. The second-order valence-corrected chi connectivity index (χ2v) is 7.34. The summed E-state index contributed by atoms with van der Waals surface area (Å²) in [5.41, 5.74) is 3.72. The van der Waals surface area contributed by atoms with Gasteiger partial charge in [0.25, 0.3) is 11.8 Å². The minimum atomic E-state index is -0.719. The molecule has 26 heavy (non-hydrogen) atoms. The fourth-order valence-corrected chi connectivity index (χ4v) is 2.63. The first kappa shape index (κ1) is 20.1. The van der Waals surface area contributed by atoms with E-state index in [2.05, 4.69) is 31.8 Å². The largest absolute Gasteiger partial charge is 0.340 e. The van der Waals surface area contributed by atoms with Crippen LogP contribution in [0.25, 0.3) is 0 Å². The summed E-state index contributed by atoms with van der Waals surface area (Å²) in [6.45, 7) is 3.70. The van der Waals surface area contributed by atoms with Crippen molar-refractivity contribution in [3.05, 3.63) is 69.2 Å². The number of hydrazone groups is 1. The van der Waals surface area contributed by atoms with Gasteiger partial charge in [0.2, 0.25) is 0 Å². The third-order valence-electron chi connectivity index (χ3n) is 3.58. The first-order valence-corrected chi connectivity index (χ1v) is 9.19. The molecular weight excluding hydrogens is 418 g/mol. The Morgan fingerprint density at radius 2 is 1.85 bits per heavy atom. The standard InChI is InChI=1S/C19H19BrClN3O2/c1-12(2)17(23-18(25)14-4-3-5-16(21)10-14)19(26)24-22-11-13-6-8-15(20)9-7-13/h3-12,17H,1-2H3,(H,23,25)(H,24,26). The maximum atomic E-state index is 12.4. The second-order valence-electron chi connectivity index (χ2n) is 5.99. The summed E-state index contributed by atoms with van der Waals surface area (Å²) in [4.78, 5) is 24.7. The van der Waals surface area contributed by atoms with Crippen molar-refractivity contribution in [2.75, 3.05) is 0 Å². The SMILES string of the molecule is CC(C)C(NC(=O)c1cccc(Cl)c1)C(=O)NN=Cc1ccc(Br)cc1. The molecule has 0 aliphatic carbocycles. The van der Waals surface area contributed by atoms with Gasteiger partial charge in [0.15, 0.2) is 0 Å². The molecule has 7 heteroatoms. The first-order valence-electron chi connectivity index (χ1n) is 8.01. The number of rotatable bonds is 6. The summed E-state index contributed by atoms with van der Waals surface area (Å²) in [6, 6.07) is 13.3. The van der Waals surface area contributed by atoms with Gasteiger partial charge < -0.3 is 5.32 Å². The Labute approximate surface area is 166 Å². The third-order valence-corrected chi connectivity index (χ3v) is 4.34. The molecule has 1 atom stereocenters. The van der Waals surface area contributed by atoms with E-state index in [0.29, 0.717) is 10.6 Å². The van der Waals surface area contributed by atoms with Crippen molar-refractivity contribution in [1.82, 2.24) is 10.7 Å². The quantitative estimate of drug-likeness (QED) is 0.530. The topological polar surface area (TPSA) is 70.6 Å². The molecule has 136 valence electrons. The Balaban J connectivity index is 2.00. The molecule has 2 aromatic carbocycles. The van der Waals surface area contributed by atoms with Crippen LogP contribution in [0.15, 0.2) is 58.1 Å². The van der Waals surface area contributed by atoms with Crippen molar-refractivity contribution in [3.63, 3.8) is 0 Å². The van der Waals surface area contributed by atoms with Crippen LogP contribution in [0.1, 0.15) is 29.8 Å². The number of carbonyl (C=O) groups is 2. The molecule has 0 aromatic heterocycles. The molecule has 0 fully saturated rings. The summed E-state index contributed by atoms with van der Waals surface area (Å²) >= 11 is 9.26. The molecule has 0 aliphatic rings. The van der Waals surface area contributed by atoms with Crippen LogP contribution >= 0.6 is 27.5 Å². The van der Waals surface area contributed by atoms with Gasteiger partial charge in [-0.25, -0.2) is 5.43 Å². The van der Waals surface area contributed by atoms with Gasteiger partial charge in [-0.05, 0) is 41.8 Å².